The van der Waals surface area contributed by atoms with Crippen LogP contribution in [0.5, 0.6) is 11.5 Å². The van der Waals surface area contributed by atoms with E-state index >= 15 is 0 Å². The molecule has 0 N–H and O–H groups in total. The maximum atomic E-state index is 5.43. The molecule has 128 valence electrons. The van der Waals surface area contributed by atoms with Gasteiger partial charge >= 0.3 is 0 Å². The number of aromatic nitrogens is 4. The lowest BCUT2D eigenvalue weighted by molar-refractivity contribution is 0.353. The van der Waals surface area contributed by atoms with Crippen LogP contribution in [-0.4, -0.2) is 41.0 Å². The molecule has 0 saturated carbocycles. The predicted molar refractivity (Wildman–Crippen MR) is 93.5 cm³/mol. The lowest BCUT2D eigenvalue weighted by Crippen LogP contribution is -2.32. The normalized spacial score (nSPS) is 13.4. The van der Waals surface area contributed by atoms with Crippen LogP contribution in [-0.2, 0) is 13.0 Å². The number of anilines is 1. The number of rotatable bonds is 4. The van der Waals surface area contributed by atoms with Crippen LogP contribution in [0.4, 0.5) is 5.95 Å². The molecule has 1 aromatic heterocycles. The van der Waals surface area contributed by atoms with E-state index in [0.29, 0.717) is 0 Å². The van der Waals surface area contributed by atoms with Gasteiger partial charge in [-0.15, -0.1) is 0 Å². The van der Waals surface area contributed by atoms with Crippen LogP contribution < -0.4 is 14.4 Å². The van der Waals surface area contributed by atoms with Gasteiger partial charge in [-0.3, -0.25) is 0 Å². The van der Waals surface area contributed by atoms with Gasteiger partial charge in [-0.2, -0.15) is 4.68 Å². The maximum Gasteiger partial charge on any atom is 0.250 e. The number of methoxy groups -OCH3 is 2. The molecule has 0 aliphatic carbocycles. The van der Waals surface area contributed by atoms with Crippen LogP contribution in [0.25, 0.3) is 5.69 Å². The summed E-state index contributed by atoms with van der Waals surface area (Å²) >= 11 is 0. The van der Waals surface area contributed by atoms with Crippen LogP contribution in [0.2, 0.25) is 0 Å². The molecular formula is C18H19N5O2. The fraction of sp³-hybridized carbons (Fsp3) is 0.278. The van der Waals surface area contributed by atoms with E-state index in [4.69, 9.17) is 9.47 Å². The Morgan fingerprint density at radius 1 is 0.960 bits per heavy atom. The first-order valence-electron chi connectivity index (χ1n) is 8.12. The summed E-state index contributed by atoms with van der Waals surface area (Å²) in [4.78, 5) is 2.18. The van der Waals surface area contributed by atoms with E-state index < -0.39 is 0 Å². The number of fused-ring (bicyclic) bond motifs is 1. The Morgan fingerprint density at radius 3 is 2.40 bits per heavy atom. The summed E-state index contributed by atoms with van der Waals surface area (Å²) in [6, 6.07) is 14.0. The van der Waals surface area contributed by atoms with Crippen molar-refractivity contribution in [1.82, 2.24) is 20.2 Å². The van der Waals surface area contributed by atoms with Crippen molar-refractivity contribution in [2.24, 2.45) is 0 Å². The molecular weight excluding hydrogens is 318 g/mol. The third-order valence-corrected chi connectivity index (χ3v) is 4.45. The zero-order chi connectivity index (χ0) is 17.2. The number of nitrogens with zero attached hydrogens (tertiary/aromatic N) is 5. The highest BCUT2D eigenvalue weighted by Gasteiger charge is 2.23. The molecule has 0 spiro atoms. The molecule has 0 saturated heterocycles. The fourth-order valence-electron chi connectivity index (χ4n) is 3.17. The molecule has 0 fully saturated rings. The molecule has 2 aromatic carbocycles. The quantitative estimate of drug-likeness (QED) is 0.727. The summed E-state index contributed by atoms with van der Waals surface area (Å²) in [6.07, 6.45) is 0.900. The minimum Gasteiger partial charge on any atom is -0.493 e. The first-order chi connectivity index (χ1) is 12.3. The van der Waals surface area contributed by atoms with E-state index in [1.165, 1.54) is 11.1 Å². The number of benzene rings is 2. The molecule has 1 aliphatic heterocycles. The molecule has 3 aromatic rings. The Bertz CT molecular complexity index is 878. The number of hydrogen-bond donors (Lipinski definition) is 0. The summed E-state index contributed by atoms with van der Waals surface area (Å²) in [5.41, 5.74) is 3.42. The number of ether oxygens (including phenoxy) is 2. The van der Waals surface area contributed by atoms with Crippen molar-refractivity contribution in [1.29, 1.82) is 0 Å². The van der Waals surface area contributed by atoms with E-state index in [-0.39, 0.29) is 0 Å². The average molecular weight is 337 g/mol. The van der Waals surface area contributed by atoms with Crippen LogP contribution >= 0.6 is 0 Å². The standard InChI is InChI=1S/C18H19N5O2/c1-24-16-10-13-8-9-22(12-14(13)11-17(16)25-2)18-19-20-21-23(18)15-6-4-3-5-7-15/h3-7,10-11H,8-9,12H2,1-2H3. The largest absolute Gasteiger partial charge is 0.493 e. The van der Waals surface area contributed by atoms with Crippen LogP contribution in [0, 0.1) is 0 Å². The van der Waals surface area contributed by atoms with E-state index in [0.717, 1.165) is 42.6 Å². The smallest absolute Gasteiger partial charge is 0.250 e. The first kappa shape index (κ1) is 15.4. The maximum absolute atomic E-state index is 5.43. The van der Waals surface area contributed by atoms with Crippen molar-refractivity contribution >= 4 is 5.95 Å². The van der Waals surface area contributed by atoms with Gasteiger partial charge in [-0.05, 0) is 52.2 Å². The second-order valence-corrected chi connectivity index (χ2v) is 5.87. The van der Waals surface area contributed by atoms with Gasteiger partial charge in [0.25, 0.3) is 5.95 Å². The fourth-order valence-corrected chi connectivity index (χ4v) is 3.17. The van der Waals surface area contributed by atoms with E-state index in [1.54, 1.807) is 18.9 Å². The van der Waals surface area contributed by atoms with E-state index in [1.807, 2.05) is 36.4 Å². The van der Waals surface area contributed by atoms with Crippen molar-refractivity contribution in [3.63, 3.8) is 0 Å². The minimum atomic E-state index is 0.725. The van der Waals surface area contributed by atoms with Crippen molar-refractivity contribution in [3.8, 4) is 17.2 Å². The van der Waals surface area contributed by atoms with Crippen molar-refractivity contribution in [3.05, 3.63) is 53.6 Å². The Balaban J connectivity index is 1.67. The van der Waals surface area contributed by atoms with Gasteiger partial charge < -0.3 is 14.4 Å². The summed E-state index contributed by atoms with van der Waals surface area (Å²) in [5, 5.41) is 12.3. The van der Waals surface area contributed by atoms with Crippen LogP contribution in [0.1, 0.15) is 11.1 Å². The highest BCUT2D eigenvalue weighted by atomic mass is 16.5. The Hall–Kier alpha value is -3.09. The highest BCUT2D eigenvalue weighted by molar-refractivity contribution is 5.51. The van der Waals surface area contributed by atoms with Crippen LogP contribution in [0.15, 0.2) is 42.5 Å². The molecule has 1 aliphatic rings. The average Bonchev–Trinajstić information content (AvgIpc) is 3.17. The van der Waals surface area contributed by atoms with Gasteiger partial charge in [-0.25, -0.2) is 0 Å². The molecule has 7 heteroatoms. The van der Waals surface area contributed by atoms with Gasteiger partial charge in [0.15, 0.2) is 11.5 Å². The monoisotopic (exact) mass is 337 g/mol. The molecule has 0 bridgehead atoms. The first-order valence-corrected chi connectivity index (χ1v) is 8.12. The zero-order valence-corrected chi connectivity index (χ0v) is 14.2. The highest BCUT2D eigenvalue weighted by Crippen LogP contribution is 2.34. The van der Waals surface area contributed by atoms with Crippen LogP contribution in [0.3, 0.4) is 0 Å². The van der Waals surface area contributed by atoms with Crippen molar-refractivity contribution in [2.45, 2.75) is 13.0 Å². The predicted octanol–water partition coefficient (Wildman–Crippen LogP) is 2.24. The molecule has 25 heavy (non-hydrogen) atoms. The minimum absolute atomic E-state index is 0.725. The van der Waals surface area contributed by atoms with Gasteiger partial charge in [0, 0.05) is 13.1 Å². The SMILES string of the molecule is COc1cc2c(cc1OC)CN(c1nnnn1-c1ccccc1)CC2. The molecule has 0 amide bonds. The second kappa shape index (κ2) is 6.43. The molecule has 2 heterocycles. The lowest BCUT2D eigenvalue weighted by Gasteiger charge is -2.29. The number of para-hydroxylation sites is 1. The van der Waals surface area contributed by atoms with Gasteiger partial charge in [0.2, 0.25) is 0 Å². The molecule has 0 radical (unpaired) electrons. The van der Waals surface area contributed by atoms with E-state index in [2.05, 4.69) is 26.5 Å². The summed E-state index contributed by atoms with van der Waals surface area (Å²) in [5.74, 6) is 2.25. The van der Waals surface area contributed by atoms with Gasteiger partial charge in [0.1, 0.15) is 0 Å². The number of hydrogen-bond acceptors (Lipinski definition) is 6. The third-order valence-electron chi connectivity index (χ3n) is 4.45. The molecule has 4 rings (SSSR count). The van der Waals surface area contributed by atoms with Crippen molar-refractivity contribution in [2.75, 3.05) is 25.7 Å². The second-order valence-electron chi connectivity index (χ2n) is 5.87. The zero-order valence-electron chi connectivity index (χ0n) is 14.2. The summed E-state index contributed by atoms with van der Waals surface area (Å²) in [7, 11) is 3.31. The number of tetrazole rings is 1. The molecule has 0 atom stereocenters. The molecule has 7 nitrogen and oxygen atoms in total. The third kappa shape index (κ3) is 2.77. The Kier molecular flexibility index (Phi) is 3.97. The van der Waals surface area contributed by atoms with Crippen molar-refractivity contribution < 1.29 is 9.47 Å². The van der Waals surface area contributed by atoms with E-state index in [9.17, 15) is 0 Å². The Morgan fingerprint density at radius 2 is 1.68 bits per heavy atom. The lowest BCUT2D eigenvalue weighted by atomic mass is 9.99. The van der Waals surface area contributed by atoms with Gasteiger partial charge in [0.05, 0.1) is 19.9 Å². The summed E-state index contributed by atoms with van der Waals surface area (Å²) in [6.45, 7) is 1.57. The van der Waals surface area contributed by atoms with Gasteiger partial charge in [-0.1, -0.05) is 23.3 Å². The topological polar surface area (TPSA) is 65.3 Å². The summed E-state index contributed by atoms with van der Waals surface area (Å²) < 4.78 is 12.6. The molecule has 0 unspecified atom stereocenters. The Labute approximate surface area is 145 Å².